The van der Waals surface area contributed by atoms with Crippen molar-refractivity contribution >= 4 is 11.4 Å². The molecule has 5 nitrogen and oxygen atoms in total. The van der Waals surface area contributed by atoms with Crippen LogP contribution in [-0.2, 0) is 12.8 Å². The number of anilines is 2. The van der Waals surface area contributed by atoms with E-state index in [4.69, 9.17) is 5.73 Å². The number of fused-ring (bicyclic) bond motifs is 4. The number of hydrogen-bond acceptors (Lipinski definition) is 5. The Morgan fingerprint density at radius 1 is 1.32 bits per heavy atom. The molecular weight excluding hydrogens is 274 g/mol. The standard InChI is InChI=1S/C17H21N5/c18-4-1-13-9-19-5-2-12(13)7-15-8-17-16(10-20-15)21-14-3-6-22(17)11-14/h2,5,8-10,14,21H,1,3-4,6-7,11,18H2/t14-/m0/s1. The minimum Gasteiger partial charge on any atom is -0.378 e. The molecule has 2 aromatic heterocycles. The third-order valence-electron chi connectivity index (χ3n) is 4.62. The van der Waals surface area contributed by atoms with Gasteiger partial charge in [0.1, 0.15) is 0 Å². The monoisotopic (exact) mass is 295 g/mol. The molecular formula is C17H21N5. The number of aromatic nitrogens is 2. The second-order valence-corrected chi connectivity index (χ2v) is 6.13. The largest absolute Gasteiger partial charge is 0.378 e. The first-order valence-electron chi connectivity index (χ1n) is 7.96. The molecule has 5 heteroatoms. The molecule has 0 spiro atoms. The third kappa shape index (κ3) is 2.41. The SMILES string of the molecule is NCCc1cnccc1Cc1cc2c(cn1)N[C@H]1CCN2C1. The van der Waals surface area contributed by atoms with E-state index in [0.717, 1.165) is 31.6 Å². The van der Waals surface area contributed by atoms with E-state index in [0.29, 0.717) is 12.6 Å². The summed E-state index contributed by atoms with van der Waals surface area (Å²) in [4.78, 5) is 11.3. The second kappa shape index (κ2) is 5.57. The van der Waals surface area contributed by atoms with Crippen LogP contribution in [0.15, 0.2) is 30.7 Å². The molecule has 0 aromatic carbocycles. The van der Waals surface area contributed by atoms with Crippen LogP contribution in [0, 0.1) is 0 Å². The maximum atomic E-state index is 5.70. The molecule has 22 heavy (non-hydrogen) atoms. The van der Waals surface area contributed by atoms with Crippen molar-refractivity contribution in [1.29, 1.82) is 0 Å². The van der Waals surface area contributed by atoms with E-state index >= 15 is 0 Å². The maximum absolute atomic E-state index is 5.70. The van der Waals surface area contributed by atoms with Gasteiger partial charge in [0.25, 0.3) is 0 Å². The summed E-state index contributed by atoms with van der Waals surface area (Å²) in [6.45, 7) is 2.90. The van der Waals surface area contributed by atoms with E-state index in [9.17, 15) is 0 Å². The molecule has 1 saturated heterocycles. The van der Waals surface area contributed by atoms with Gasteiger partial charge in [-0.3, -0.25) is 9.97 Å². The zero-order valence-corrected chi connectivity index (χ0v) is 12.6. The first-order valence-corrected chi connectivity index (χ1v) is 7.96. The van der Waals surface area contributed by atoms with Crippen molar-refractivity contribution in [3.63, 3.8) is 0 Å². The van der Waals surface area contributed by atoms with Gasteiger partial charge in [-0.1, -0.05) is 0 Å². The fraction of sp³-hybridized carbons (Fsp3) is 0.412. The van der Waals surface area contributed by atoms with Crippen LogP contribution in [-0.4, -0.2) is 35.6 Å². The number of nitrogens with one attached hydrogen (secondary N) is 1. The van der Waals surface area contributed by atoms with E-state index < -0.39 is 0 Å². The molecule has 4 heterocycles. The zero-order chi connectivity index (χ0) is 14.9. The smallest absolute Gasteiger partial charge is 0.0767 e. The van der Waals surface area contributed by atoms with E-state index in [1.807, 2.05) is 18.6 Å². The lowest BCUT2D eigenvalue weighted by atomic mass is 10.0. The molecule has 0 saturated carbocycles. The van der Waals surface area contributed by atoms with Crippen molar-refractivity contribution in [2.75, 3.05) is 29.9 Å². The minimum atomic E-state index is 0.594. The molecule has 114 valence electrons. The van der Waals surface area contributed by atoms with Crippen LogP contribution in [0.5, 0.6) is 0 Å². The van der Waals surface area contributed by atoms with E-state index in [2.05, 4.69) is 32.3 Å². The van der Waals surface area contributed by atoms with Gasteiger partial charge >= 0.3 is 0 Å². The van der Waals surface area contributed by atoms with Gasteiger partial charge in [0.15, 0.2) is 0 Å². The van der Waals surface area contributed by atoms with Gasteiger partial charge in [-0.05, 0) is 42.6 Å². The fourth-order valence-corrected chi connectivity index (χ4v) is 3.48. The Morgan fingerprint density at radius 3 is 3.18 bits per heavy atom. The molecule has 2 aromatic rings. The quantitative estimate of drug-likeness (QED) is 0.896. The lowest BCUT2D eigenvalue weighted by Gasteiger charge is -2.28. The van der Waals surface area contributed by atoms with Crippen molar-refractivity contribution in [3.05, 3.63) is 47.5 Å². The summed E-state index contributed by atoms with van der Waals surface area (Å²) in [5, 5.41) is 3.58. The second-order valence-electron chi connectivity index (χ2n) is 6.13. The lowest BCUT2D eigenvalue weighted by molar-refractivity contribution is 0.793. The molecule has 0 radical (unpaired) electrons. The third-order valence-corrected chi connectivity index (χ3v) is 4.62. The molecule has 0 unspecified atom stereocenters. The average Bonchev–Trinajstić information content (AvgIpc) is 2.93. The number of nitrogens with two attached hydrogens (primary N) is 1. The van der Waals surface area contributed by atoms with Gasteiger partial charge in [0.2, 0.25) is 0 Å². The van der Waals surface area contributed by atoms with Crippen LogP contribution in [0.1, 0.15) is 23.2 Å². The van der Waals surface area contributed by atoms with Crippen LogP contribution in [0.25, 0.3) is 0 Å². The van der Waals surface area contributed by atoms with Gasteiger partial charge in [-0.25, -0.2) is 0 Å². The summed E-state index contributed by atoms with van der Waals surface area (Å²) >= 11 is 0. The molecule has 2 bridgehead atoms. The molecule has 1 fully saturated rings. The molecule has 2 aliphatic rings. The van der Waals surface area contributed by atoms with Crippen LogP contribution in [0.3, 0.4) is 0 Å². The fourth-order valence-electron chi connectivity index (χ4n) is 3.48. The number of hydrogen-bond donors (Lipinski definition) is 2. The van der Waals surface area contributed by atoms with Crippen molar-refractivity contribution in [3.8, 4) is 0 Å². The highest BCUT2D eigenvalue weighted by Gasteiger charge is 2.30. The highest BCUT2D eigenvalue weighted by Crippen LogP contribution is 2.35. The predicted octanol–water partition coefficient (Wildman–Crippen LogP) is 1.57. The molecule has 0 aliphatic carbocycles. The van der Waals surface area contributed by atoms with Crippen LogP contribution < -0.4 is 16.0 Å². The summed E-state index contributed by atoms with van der Waals surface area (Å²) < 4.78 is 0. The number of rotatable bonds is 4. The summed E-state index contributed by atoms with van der Waals surface area (Å²) in [5.74, 6) is 0. The first kappa shape index (κ1) is 13.5. The van der Waals surface area contributed by atoms with Gasteiger partial charge in [-0.2, -0.15) is 0 Å². The van der Waals surface area contributed by atoms with Crippen molar-refractivity contribution in [2.45, 2.75) is 25.3 Å². The Hall–Kier alpha value is -2.14. The van der Waals surface area contributed by atoms with E-state index in [1.54, 1.807) is 0 Å². The topological polar surface area (TPSA) is 67.1 Å². The van der Waals surface area contributed by atoms with E-state index in [1.165, 1.54) is 28.9 Å². The summed E-state index contributed by atoms with van der Waals surface area (Å²) in [5.41, 5.74) is 11.8. The van der Waals surface area contributed by atoms with Crippen molar-refractivity contribution < 1.29 is 0 Å². The predicted molar refractivity (Wildman–Crippen MR) is 88.3 cm³/mol. The Kier molecular flexibility index (Phi) is 3.42. The minimum absolute atomic E-state index is 0.594. The Labute approximate surface area is 130 Å². The zero-order valence-electron chi connectivity index (χ0n) is 12.6. The van der Waals surface area contributed by atoms with Crippen LogP contribution in [0.2, 0.25) is 0 Å². The molecule has 2 aliphatic heterocycles. The highest BCUT2D eigenvalue weighted by atomic mass is 15.2. The van der Waals surface area contributed by atoms with Crippen molar-refractivity contribution in [2.24, 2.45) is 5.73 Å². The molecule has 1 atom stereocenters. The summed E-state index contributed by atoms with van der Waals surface area (Å²) in [6, 6.07) is 4.91. The van der Waals surface area contributed by atoms with Gasteiger partial charge in [-0.15, -0.1) is 0 Å². The first-order chi connectivity index (χ1) is 10.8. The van der Waals surface area contributed by atoms with Crippen LogP contribution >= 0.6 is 0 Å². The van der Waals surface area contributed by atoms with E-state index in [-0.39, 0.29) is 0 Å². The number of pyridine rings is 2. The molecule has 0 amide bonds. The average molecular weight is 295 g/mol. The van der Waals surface area contributed by atoms with Crippen molar-refractivity contribution in [1.82, 2.24) is 9.97 Å². The number of nitrogens with zero attached hydrogens (tertiary/aromatic N) is 3. The van der Waals surface area contributed by atoms with Crippen LogP contribution in [0.4, 0.5) is 11.4 Å². The Morgan fingerprint density at radius 2 is 2.27 bits per heavy atom. The van der Waals surface area contributed by atoms with Gasteiger partial charge < -0.3 is 16.0 Å². The Balaban J connectivity index is 1.62. The van der Waals surface area contributed by atoms with Gasteiger partial charge in [0.05, 0.1) is 17.6 Å². The van der Waals surface area contributed by atoms with Gasteiger partial charge in [0, 0.05) is 43.6 Å². The lowest BCUT2D eigenvalue weighted by Crippen LogP contribution is -2.31. The maximum Gasteiger partial charge on any atom is 0.0767 e. The highest BCUT2D eigenvalue weighted by molar-refractivity contribution is 5.73. The normalized spacial score (nSPS) is 19.0. The molecule has 3 N–H and O–H groups in total. The summed E-state index contributed by atoms with van der Waals surface area (Å²) in [6.07, 6.45) is 8.67. The Bertz CT molecular complexity index is 684. The molecule has 4 rings (SSSR count). The summed E-state index contributed by atoms with van der Waals surface area (Å²) in [7, 11) is 0.